The van der Waals surface area contributed by atoms with Gasteiger partial charge in [0.15, 0.2) is 6.61 Å². The molecule has 2 aromatic rings. The number of halogens is 1. The van der Waals surface area contributed by atoms with E-state index in [1.807, 2.05) is 6.07 Å². The van der Waals surface area contributed by atoms with E-state index < -0.39 is 15.8 Å². The molecule has 2 aromatic carbocycles. The Morgan fingerprint density at radius 2 is 1.71 bits per heavy atom. The minimum atomic E-state index is -3.81. The van der Waals surface area contributed by atoms with Crippen LogP contribution in [0.3, 0.4) is 0 Å². The van der Waals surface area contributed by atoms with Crippen molar-refractivity contribution >= 4 is 15.9 Å². The van der Waals surface area contributed by atoms with Crippen LogP contribution in [0.1, 0.15) is 5.56 Å². The van der Waals surface area contributed by atoms with Gasteiger partial charge in [0, 0.05) is 26.2 Å². The van der Waals surface area contributed by atoms with Gasteiger partial charge in [-0.1, -0.05) is 12.1 Å². The Balaban J connectivity index is 1.58. The van der Waals surface area contributed by atoms with Crippen molar-refractivity contribution in [3.05, 3.63) is 59.9 Å². The molecule has 0 aliphatic carbocycles. The number of ether oxygens (including phenoxy) is 1. The SMILES string of the molecule is N#Cc1ccccc1S(=O)(=O)N1CCN(C(=O)COc2ccc(F)cc2)CC1. The molecule has 0 bridgehead atoms. The van der Waals surface area contributed by atoms with Crippen LogP contribution in [-0.2, 0) is 14.8 Å². The molecule has 0 saturated carbocycles. The molecule has 0 radical (unpaired) electrons. The van der Waals surface area contributed by atoms with Crippen molar-refractivity contribution in [2.75, 3.05) is 32.8 Å². The van der Waals surface area contributed by atoms with E-state index in [4.69, 9.17) is 10.00 Å². The number of nitrogens with zero attached hydrogens (tertiary/aromatic N) is 3. The molecule has 3 rings (SSSR count). The molecule has 9 heteroatoms. The molecule has 0 unspecified atom stereocenters. The van der Waals surface area contributed by atoms with Crippen LogP contribution in [0.4, 0.5) is 4.39 Å². The van der Waals surface area contributed by atoms with Crippen LogP contribution >= 0.6 is 0 Å². The number of hydrogen-bond donors (Lipinski definition) is 0. The fraction of sp³-hybridized carbons (Fsp3) is 0.263. The van der Waals surface area contributed by atoms with E-state index in [9.17, 15) is 17.6 Å². The van der Waals surface area contributed by atoms with Crippen molar-refractivity contribution < 1.29 is 22.3 Å². The normalized spacial score (nSPS) is 15.1. The molecule has 1 aliphatic heterocycles. The summed E-state index contributed by atoms with van der Waals surface area (Å²) in [6.45, 7) is 0.490. The highest BCUT2D eigenvalue weighted by Gasteiger charge is 2.31. The second-order valence-corrected chi connectivity index (χ2v) is 8.04. The molecule has 1 amide bonds. The predicted octanol–water partition coefficient (Wildman–Crippen LogP) is 1.61. The highest BCUT2D eigenvalue weighted by Crippen LogP contribution is 2.21. The van der Waals surface area contributed by atoms with Crippen LogP contribution in [0, 0.1) is 17.1 Å². The lowest BCUT2D eigenvalue weighted by atomic mass is 10.2. The lowest BCUT2D eigenvalue weighted by molar-refractivity contribution is -0.134. The lowest BCUT2D eigenvalue weighted by Crippen LogP contribution is -2.51. The van der Waals surface area contributed by atoms with Gasteiger partial charge in [0.25, 0.3) is 5.91 Å². The van der Waals surface area contributed by atoms with Crippen molar-refractivity contribution in [1.29, 1.82) is 5.26 Å². The van der Waals surface area contributed by atoms with E-state index in [0.29, 0.717) is 5.75 Å². The quantitative estimate of drug-likeness (QED) is 0.757. The maximum atomic E-state index is 12.9. The van der Waals surface area contributed by atoms with Crippen molar-refractivity contribution in [1.82, 2.24) is 9.21 Å². The molecule has 0 atom stereocenters. The molecule has 1 aliphatic rings. The minimum Gasteiger partial charge on any atom is -0.484 e. The fourth-order valence-electron chi connectivity index (χ4n) is 2.87. The van der Waals surface area contributed by atoms with E-state index >= 15 is 0 Å². The first-order valence-electron chi connectivity index (χ1n) is 8.57. The molecule has 28 heavy (non-hydrogen) atoms. The summed E-state index contributed by atoms with van der Waals surface area (Å²) in [6.07, 6.45) is 0. The smallest absolute Gasteiger partial charge is 0.260 e. The van der Waals surface area contributed by atoms with Crippen LogP contribution < -0.4 is 4.74 Å². The maximum Gasteiger partial charge on any atom is 0.260 e. The number of rotatable bonds is 5. The van der Waals surface area contributed by atoms with E-state index in [1.54, 1.807) is 12.1 Å². The molecular weight excluding hydrogens is 385 g/mol. The highest BCUT2D eigenvalue weighted by molar-refractivity contribution is 7.89. The topological polar surface area (TPSA) is 90.7 Å². The fourth-order valence-corrected chi connectivity index (χ4v) is 4.43. The average molecular weight is 403 g/mol. The van der Waals surface area contributed by atoms with Gasteiger partial charge < -0.3 is 9.64 Å². The molecule has 146 valence electrons. The van der Waals surface area contributed by atoms with Crippen molar-refractivity contribution in [2.24, 2.45) is 0 Å². The summed E-state index contributed by atoms with van der Waals surface area (Å²) in [5.41, 5.74) is 0.0914. The third kappa shape index (κ3) is 4.30. The summed E-state index contributed by atoms with van der Waals surface area (Å²) in [5, 5.41) is 9.14. The van der Waals surface area contributed by atoms with Crippen LogP contribution in [0.15, 0.2) is 53.4 Å². The second-order valence-electron chi connectivity index (χ2n) is 6.14. The van der Waals surface area contributed by atoms with E-state index in [1.165, 1.54) is 45.6 Å². The maximum absolute atomic E-state index is 12.9. The van der Waals surface area contributed by atoms with Crippen molar-refractivity contribution in [3.63, 3.8) is 0 Å². The van der Waals surface area contributed by atoms with Gasteiger partial charge in [0.2, 0.25) is 10.0 Å². The van der Waals surface area contributed by atoms with Crippen molar-refractivity contribution in [3.8, 4) is 11.8 Å². The molecular formula is C19H18FN3O4S. The molecule has 0 spiro atoms. The Morgan fingerprint density at radius 3 is 2.36 bits per heavy atom. The summed E-state index contributed by atoms with van der Waals surface area (Å²) >= 11 is 0. The van der Waals surface area contributed by atoms with Crippen LogP contribution in [0.25, 0.3) is 0 Å². The number of carbonyl (C=O) groups is 1. The number of amides is 1. The summed E-state index contributed by atoms with van der Waals surface area (Å²) < 4.78 is 45.1. The Kier molecular flexibility index (Phi) is 5.92. The average Bonchev–Trinajstić information content (AvgIpc) is 2.73. The monoisotopic (exact) mass is 403 g/mol. The second kappa shape index (κ2) is 8.37. The van der Waals surface area contributed by atoms with Gasteiger partial charge in [-0.05, 0) is 36.4 Å². The number of carbonyl (C=O) groups excluding carboxylic acids is 1. The van der Waals surface area contributed by atoms with Gasteiger partial charge in [-0.2, -0.15) is 9.57 Å². The Bertz CT molecular complexity index is 995. The summed E-state index contributed by atoms with van der Waals surface area (Å²) in [7, 11) is -3.81. The van der Waals surface area contributed by atoms with Gasteiger partial charge >= 0.3 is 0 Å². The lowest BCUT2D eigenvalue weighted by Gasteiger charge is -2.34. The molecule has 0 N–H and O–H groups in total. The van der Waals surface area contributed by atoms with Gasteiger partial charge in [0.1, 0.15) is 17.6 Å². The number of hydrogen-bond acceptors (Lipinski definition) is 5. The standard InChI is InChI=1S/C19H18FN3O4S/c20-16-5-7-17(8-6-16)27-14-19(24)22-9-11-23(12-10-22)28(25,26)18-4-2-1-3-15(18)13-21/h1-8H,9-12,14H2. The number of nitriles is 1. The summed E-state index contributed by atoms with van der Waals surface area (Å²) in [6, 6.07) is 13.3. The minimum absolute atomic E-state index is 0.0306. The first-order chi connectivity index (χ1) is 13.4. The zero-order chi connectivity index (χ0) is 20.1. The van der Waals surface area contributed by atoms with Gasteiger partial charge in [-0.3, -0.25) is 4.79 Å². The molecule has 0 aromatic heterocycles. The Morgan fingerprint density at radius 1 is 1.07 bits per heavy atom. The number of benzene rings is 2. The third-order valence-electron chi connectivity index (χ3n) is 4.39. The Labute approximate surface area is 162 Å². The Hall–Kier alpha value is -2.96. The van der Waals surface area contributed by atoms with Crippen LogP contribution in [0.2, 0.25) is 0 Å². The van der Waals surface area contributed by atoms with Gasteiger partial charge in [0.05, 0.1) is 10.5 Å². The van der Waals surface area contributed by atoms with E-state index in [0.717, 1.165) is 0 Å². The number of sulfonamides is 1. The summed E-state index contributed by atoms with van der Waals surface area (Å²) in [4.78, 5) is 13.8. The molecule has 1 fully saturated rings. The van der Waals surface area contributed by atoms with E-state index in [2.05, 4.69) is 0 Å². The summed E-state index contributed by atoms with van der Waals surface area (Å²) in [5.74, 6) is -0.295. The first kappa shape index (κ1) is 19.8. The van der Waals surface area contributed by atoms with Gasteiger partial charge in [-0.15, -0.1) is 0 Å². The molecule has 7 nitrogen and oxygen atoms in total. The predicted molar refractivity (Wildman–Crippen MR) is 98.4 cm³/mol. The molecule has 1 heterocycles. The molecule has 1 saturated heterocycles. The first-order valence-corrected chi connectivity index (χ1v) is 10.0. The number of piperazine rings is 1. The van der Waals surface area contributed by atoms with Gasteiger partial charge in [-0.25, -0.2) is 12.8 Å². The van der Waals surface area contributed by atoms with Crippen molar-refractivity contribution in [2.45, 2.75) is 4.90 Å². The highest BCUT2D eigenvalue weighted by atomic mass is 32.2. The van der Waals surface area contributed by atoms with Crippen LogP contribution in [0.5, 0.6) is 5.75 Å². The zero-order valence-corrected chi connectivity index (χ0v) is 15.7. The largest absolute Gasteiger partial charge is 0.484 e. The third-order valence-corrected chi connectivity index (χ3v) is 6.35. The zero-order valence-electron chi connectivity index (χ0n) is 14.9. The van der Waals surface area contributed by atoms with Crippen LogP contribution in [-0.4, -0.2) is 56.3 Å². The van der Waals surface area contributed by atoms with E-state index in [-0.39, 0.29) is 49.2 Å².